The van der Waals surface area contributed by atoms with Gasteiger partial charge in [0, 0.05) is 12.3 Å². The summed E-state index contributed by atoms with van der Waals surface area (Å²) in [6.45, 7) is 1.56. The summed E-state index contributed by atoms with van der Waals surface area (Å²) in [7, 11) is 0. The van der Waals surface area contributed by atoms with Crippen LogP contribution >= 0.6 is 0 Å². The highest BCUT2D eigenvalue weighted by atomic mass is 16.5. The van der Waals surface area contributed by atoms with E-state index in [1.54, 1.807) is 6.92 Å². The van der Waals surface area contributed by atoms with Gasteiger partial charge >= 0.3 is 5.97 Å². The lowest BCUT2D eigenvalue weighted by atomic mass is 9.68. The van der Waals surface area contributed by atoms with Crippen molar-refractivity contribution in [3.63, 3.8) is 0 Å². The van der Waals surface area contributed by atoms with Crippen molar-refractivity contribution in [3.05, 3.63) is 0 Å². The molecule has 0 aliphatic heterocycles. The van der Waals surface area contributed by atoms with Crippen molar-refractivity contribution in [2.45, 2.75) is 58.0 Å². The van der Waals surface area contributed by atoms with Crippen LogP contribution in [-0.2, 0) is 9.53 Å². The van der Waals surface area contributed by atoms with E-state index in [9.17, 15) is 4.79 Å². The van der Waals surface area contributed by atoms with Gasteiger partial charge < -0.3 is 4.74 Å². The molecule has 0 aromatic carbocycles. The fourth-order valence-electron chi connectivity index (χ4n) is 4.68. The Morgan fingerprint density at radius 1 is 1.27 bits per heavy atom. The fraction of sp³-hybridized carbons (Fsp3) is 0.923. The SMILES string of the molecule is CC(=O)O[C@@H]1C[C@H]2CC[C@]13CCCC[C@H]23. The number of hydrogen-bond donors (Lipinski definition) is 0. The molecule has 4 atom stereocenters. The summed E-state index contributed by atoms with van der Waals surface area (Å²) in [6.07, 6.45) is 9.58. The number of rotatable bonds is 1. The van der Waals surface area contributed by atoms with E-state index >= 15 is 0 Å². The van der Waals surface area contributed by atoms with Gasteiger partial charge in [-0.15, -0.1) is 0 Å². The van der Waals surface area contributed by atoms with E-state index in [4.69, 9.17) is 4.74 Å². The largest absolute Gasteiger partial charge is 0.462 e. The number of carbonyl (C=O) groups is 1. The Morgan fingerprint density at radius 2 is 2.13 bits per heavy atom. The van der Waals surface area contributed by atoms with E-state index in [0.29, 0.717) is 5.41 Å². The third kappa shape index (κ3) is 1.26. The van der Waals surface area contributed by atoms with E-state index in [0.717, 1.165) is 18.3 Å². The first-order valence-corrected chi connectivity index (χ1v) is 6.39. The van der Waals surface area contributed by atoms with Crippen LogP contribution in [0.5, 0.6) is 0 Å². The molecule has 2 bridgehead atoms. The van der Waals surface area contributed by atoms with Crippen molar-refractivity contribution in [2.75, 3.05) is 0 Å². The van der Waals surface area contributed by atoms with Crippen molar-refractivity contribution < 1.29 is 9.53 Å². The topological polar surface area (TPSA) is 26.3 Å². The first kappa shape index (κ1) is 9.68. The maximum absolute atomic E-state index is 11.1. The molecular formula is C13H20O2. The number of hydrogen-bond acceptors (Lipinski definition) is 2. The van der Waals surface area contributed by atoms with Crippen LogP contribution in [0.25, 0.3) is 0 Å². The summed E-state index contributed by atoms with van der Waals surface area (Å²) in [5.41, 5.74) is 0.411. The predicted molar refractivity (Wildman–Crippen MR) is 57.3 cm³/mol. The van der Waals surface area contributed by atoms with Gasteiger partial charge in [0.2, 0.25) is 0 Å². The van der Waals surface area contributed by atoms with Crippen LogP contribution in [0.15, 0.2) is 0 Å². The van der Waals surface area contributed by atoms with Crippen molar-refractivity contribution in [1.82, 2.24) is 0 Å². The molecule has 84 valence electrons. The molecule has 0 aromatic heterocycles. The molecule has 3 aliphatic rings. The minimum atomic E-state index is -0.0775. The van der Waals surface area contributed by atoms with Crippen molar-refractivity contribution >= 4 is 5.97 Å². The average molecular weight is 208 g/mol. The molecule has 0 N–H and O–H groups in total. The smallest absolute Gasteiger partial charge is 0.302 e. The summed E-state index contributed by atoms with van der Waals surface area (Å²) in [5.74, 6) is 1.68. The number of esters is 1. The summed E-state index contributed by atoms with van der Waals surface area (Å²) in [5, 5.41) is 0. The van der Waals surface area contributed by atoms with E-state index in [-0.39, 0.29) is 12.1 Å². The minimum absolute atomic E-state index is 0.0775. The van der Waals surface area contributed by atoms with Crippen LogP contribution in [-0.4, -0.2) is 12.1 Å². The second kappa shape index (κ2) is 3.23. The zero-order valence-electron chi connectivity index (χ0n) is 9.50. The summed E-state index contributed by atoms with van der Waals surface area (Å²) < 4.78 is 5.57. The van der Waals surface area contributed by atoms with E-state index in [2.05, 4.69) is 0 Å². The molecule has 3 saturated carbocycles. The minimum Gasteiger partial charge on any atom is -0.462 e. The average Bonchev–Trinajstić information content (AvgIpc) is 2.70. The Labute approximate surface area is 91.4 Å². The second-order valence-electron chi connectivity index (χ2n) is 5.72. The molecule has 2 nitrogen and oxygen atoms in total. The van der Waals surface area contributed by atoms with E-state index in [1.807, 2.05) is 0 Å². The van der Waals surface area contributed by atoms with Gasteiger partial charge in [0.15, 0.2) is 0 Å². The Hall–Kier alpha value is -0.530. The standard InChI is InChI=1S/C13H20O2/c1-9(14)15-12-8-10-5-7-13(12)6-3-2-4-11(10)13/h10-12H,2-8H2,1H3/t10-,11-,12-,13+/m1/s1. The number of carbonyl (C=O) groups excluding carboxylic acids is 1. The quantitative estimate of drug-likeness (QED) is 0.619. The van der Waals surface area contributed by atoms with Gasteiger partial charge in [0.25, 0.3) is 0 Å². The van der Waals surface area contributed by atoms with Gasteiger partial charge in [-0.1, -0.05) is 12.8 Å². The lowest BCUT2D eigenvalue weighted by Crippen LogP contribution is -2.38. The molecule has 3 aliphatic carbocycles. The van der Waals surface area contributed by atoms with Gasteiger partial charge in [0.05, 0.1) is 0 Å². The highest BCUT2D eigenvalue weighted by Crippen LogP contribution is 2.64. The highest BCUT2D eigenvalue weighted by molar-refractivity contribution is 5.66. The molecule has 0 unspecified atom stereocenters. The molecule has 0 amide bonds. The van der Waals surface area contributed by atoms with Gasteiger partial charge in [-0.2, -0.15) is 0 Å². The zero-order chi connectivity index (χ0) is 10.5. The van der Waals surface area contributed by atoms with Crippen molar-refractivity contribution in [3.8, 4) is 0 Å². The van der Waals surface area contributed by atoms with Crippen LogP contribution < -0.4 is 0 Å². The van der Waals surface area contributed by atoms with Crippen LogP contribution in [0.4, 0.5) is 0 Å². The van der Waals surface area contributed by atoms with Gasteiger partial charge in [0.1, 0.15) is 6.10 Å². The molecule has 0 heterocycles. The monoisotopic (exact) mass is 208 g/mol. The zero-order valence-corrected chi connectivity index (χ0v) is 9.50. The maximum Gasteiger partial charge on any atom is 0.302 e. The first-order valence-electron chi connectivity index (χ1n) is 6.39. The maximum atomic E-state index is 11.1. The highest BCUT2D eigenvalue weighted by Gasteiger charge is 2.60. The number of ether oxygens (including phenoxy) is 1. The second-order valence-corrected chi connectivity index (χ2v) is 5.72. The Morgan fingerprint density at radius 3 is 2.93 bits per heavy atom. The molecule has 3 fully saturated rings. The molecule has 0 aromatic rings. The van der Waals surface area contributed by atoms with E-state index in [1.165, 1.54) is 38.5 Å². The van der Waals surface area contributed by atoms with Crippen molar-refractivity contribution in [2.24, 2.45) is 17.3 Å². The molecular weight excluding hydrogens is 188 g/mol. The normalized spacial score (nSPS) is 47.7. The van der Waals surface area contributed by atoms with Crippen LogP contribution in [0.2, 0.25) is 0 Å². The first-order chi connectivity index (χ1) is 7.22. The Bertz CT molecular complexity index is 286. The van der Waals surface area contributed by atoms with Gasteiger partial charge in [-0.3, -0.25) is 4.79 Å². The van der Waals surface area contributed by atoms with Crippen LogP contribution in [0, 0.1) is 17.3 Å². The summed E-state index contributed by atoms with van der Waals surface area (Å²) in [4.78, 5) is 11.1. The third-order valence-corrected chi connectivity index (χ3v) is 5.16. The van der Waals surface area contributed by atoms with Gasteiger partial charge in [-0.05, 0) is 43.9 Å². The summed E-state index contributed by atoms with van der Waals surface area (Å²) >= 11 is 0. The molecule has 0 saturated heterocycles. The Kier molecular flexibility index (Phi) is 2.08. The lowest BCUT2D eigenvalue weighted by molar-refractivity contribution is -0.154. The lowest BCUT2D eigenvalue weighted by Gasteiger charge is -2.40. The molecule has 0 radical (unpaired) electrons. The van der Waals surface area contributed by atoms with E-state index < -0.39 is 0 Å². The predicted octanol–water partition coefficient (Wildman–Crippen LogP) is 2.91. The van der Waals surface area contributed by atoms with Crippen molar-refractivity contribution in [1.29, 1.82) is 0 Å². The molecule has 0 spiro atoms. The Balaban J connectivity index is 1.85. The summed E-state index contributed by atoms with van der Waals surface area (Å²) in [6, 6.07) is 0. The molecule has 15 heavy (non-hydrogen) atoms. The van der Waals surface area contributed by atoms with Crippen LogP contribution in [0.3, 0.4) is 0 Å². The third-order valence-electron chi connectivity index (χ3n) is 5.16. The molecule has 2 heteroatoms. The van der Waals surface area contributed by atoms with Gasteiger partial charge in [-0.25, -0.2) is 0 Å². The van der Waals surface area contributed by atoms with Crippen LogP contribution in [0.1, 0.15) is 51.9 Å². The molecule has 3 rings (SSSR count). The fourth-order valence-corrected chi connectivity index (χ4v) is 4.68.